The van der Waals surface area contributed by atoms with E-state index in [-0.39, 0.29) is 11.8 Å². The van der Waals surface area contributed by atoms with Crippen LogP contribution in [0.3, 0.4) is 0 Å². The van der Waals surface area contributed by atoms with Gasteiger partial charge in [-0.05, 0) is 17.4 Å². The molecule has 0 saturated carbocycles. The molecule has 0 bridgehead atoms. The van der Waals surface area contributed by atoms with Crippen LogP contribution >= 0.6 is 30.3 Å². The molecule has 1 aromatic carbocycles. The maximum atomic E-state index is 13.1. The third-order valence-electron chi connectivity index (χ3n) is 3.64. The molecule has 98 valence electrons. The van der Waals surface area contributed by atoms with Crippen molar-refractivity contribution in [1.82, 2.24) is 0 Å². The van der Waals surface area contributed by atoms with Gasteiger partial charge in [-0.15, -0.1) is 0 Å². The molecule has 4 heteroatoms. The summed E-state index contributed by atoms with van der Waals surface area (Å²) in [7, 11) is -2.31. The molecule has 0 radical (unpaired) electrons. The van der Waals surface area contributed by atoms with E-state index in [0.717, 1.165) is 10.9 Å². The monoisotopic (exact) mass is 302 g/mol. The zero-order valence-corrected chi connectivity index (χ0v) is 13.0. The van der Waals surface area contributed by atoms with E-state index in [0.29, 0.717) is 16.8 Å². The molecule has 2 rings (SSSR count). The molecular weight excluding hydrogens is 286 g/mol. The Morgan fingerprint density at radius 1 is 1.11 bits per heavy atom. The molecule has 1 heterocycles. The van der Waals surface area contributed by atoms with E-state index in [4.69, 9.17) is 23.2 Å². The smallest absolute Gasteiger partial charge is 0.116 e. The molecule has 0 N–H and O–H groups in total. The van der Waals surface area contributed by atoms with E-state index >= 15 is 0 Å². The zero-order valence-electron chi connectivity index (χ0n) is 10.6. The van der Waals surface area contributed by atoms with E-state index in [9.17, 15) is 4.57 Å². The minimum atomic E-state index is -2.31. The highest BCUT2D eigenvalue weighted by atomic mass is 35.5. The minimum absolute atomic E-state index is 0.185. The first-order valence-corrected chi connectivity index (χ1v) is 8.96. The summed E-state index contributed by atoms with van der Waals surface area (Å²) in [4.78, 5) is 0. The van der Waals surface area contributed by atoms with Crippen LogP contribution in [0.2, 0.25) is 0 Å². The molecule has 1 saturated heterocycles. The normalized spacial score (nSPS) is 32.3. The maximum Gasteiger partial charge on any atom is 0.116 e. The lowest BCUT2D eigenvalue weighted by Gasteiger charge is -2.34. The molecule has 18 heavy (non-hydrogen) atoms. The van der Waals surface area contributed by atoms with Gasteiger partial charge in [0, 0.05) is 17.6 Å². The van der Waals surface area contributed by atoms with Gasteiger partial charge in [0.15, 0.2) is 0 Å². The molecule has 1 nitrogen and oxygen atoms in total. The van der Waals surface area contributed by atoms with Crippen molar-refractivity contribution >= 4 is 35.6 Å². The number of allylic oxidation sites excluding steroid dienone is 1. The van der Waals surface area contributed by atoms with Crippen molar-refractivity contribution in [2.45, 2.75) is 13.8 Å². The van der Waals surface area contributed by atoms with Crippen molar-refractivity contribution in [2.75, 3.05) is 12.3 Å². The lowest BCUT2D eigenvalue weighted by Crippen LogP contribution is -2.28. The Morgan fingerprint density at radius 2 is 1.61 bits per heavy atom. The molecule has 1 fully saturated rings. The average molecular weight is 303 g/mol. The molecule has 0 amide bonds. The third kappa shape index (κ3) is 2.69. The van der Waals surface area contributed by atoms with Gasteiger partial charge in [0.05, 0.1) is 0 Å². The van der Waals surface area contributed by atoms with Gasteiger partial charge in [-0.1, -0.05) is 67.4 Å². The predicted molar refractivity (Wildman–Crippen MR) is 80.5 cm³/mol. The Labute approximate surface area is 119 Å². The highest BCUT2D eigenvalue weighted by molar-refractivity contribution is 7.71. The van der Waals surface area contributed by atoms with Gasteiger partial charge in [-0.3, -0.25) is 0 Å². The number of hydrogen-bond acceptors (Lipinski definition) is 1. The molecule has 1 aliphatic rings. The van der Waals surface area contributed by atoms with Gasteiger partial charge in [-0.25, -0.2) is 0 Å². The van der Waals surface area contributed by atoms with E-state index in [1.54, 1.807) is 0 Å². The van der Waals surface area contributed by atoms with Crippen LogP contribution in [-0.2, 0) is 4.57 Å². The van der Waals surface area contributed by atoms with Gasteiger partial charge < -0.3 is 4.57 Å². The summed E-state index contributed by atoms with van der Waals surface area (Å²) in [6, 6.07) is 9.79. The summed E-state index contributed by atoms with van der Waals surface area (Å²) in [5, 5.41) is 0.980. The molecule has 1 unspecified atom stereocenters. The molecular formula is C14H17Cl2OP. The number of rotatable bonds is 1. The van der Waals surface area contributed by atoms with Crippen LogP contribution in [0, 0.1) is 11.8 Å². The summed E-state index contributed by atoms with van der Waals surface area (Å²) in [5.74, 6) is 0.370. The Kier molecular flexibility index (Phi) is 4.26. The van der Waals surface area contributed by atoms with E-state index in [2.05, 4.69) is 13.8 Å². The number of benzene rings is 1. The van der Waals surface area contributed by atoms with Crippen LogP contribution < -0.4 is 5.30 Å². The van der Waals surface area contributed by atoms with Gasteiger partial charge in [0.1, 0.15) is 11.6 Å². The highest BCUT2D eigenvalue weighted by Crippen LogP contribution is 2.55. The summed E-state index contributed by atoms with van der Waals surface area (Å²) in [5.41, 5.74) is 1.06. The quantitative estimate of drug-likeness (QED) is 0.690. The fourth-order valence-electron chi connectivity index (χ4n) is 2.92. The summed E-state index contributed by atoms with van der Waals surface area (Å²) in [6.45, 7) is 4.12. The second kappa shape index (κ2) is 5.41. The Bertz CT molecular complexity index is 488. The van der Waals surface area contributed by atoms with Crippen LogP contribution in [-0.4, -0.2) is 12.3 Å². The number of hydrogen-bond donors (Lipinski definition) is 0. The average Bonchev–Trinajstić information content (AvgIpc) is 2.28. The molecule has 1 aliphatic heterocycles. The lowest BCUT2D eigenvalue weighted by molar-refractivity contribution is 0.536. The summed E-state index contributed by atoms with van der Waals surface area (Å²) < 4.78 is 13.5. The Hall–Kier alpha value is -0.230. The first kappa shape index (κ1) is 14.2. The first-order valence-electron chi connectivity index (χ1n) is 6.13. The largest absolute Gasteiger partial charge is 0.319 e. The Balaban J connectivity index is 2.36. The van der Waals surface area contributed by atoms with Crippen molar-refractivity contribution < 1.29 is 4.57 Å². The van der Waals surface area contributed by atoms with E-state index < -0.39 is 7.14 Å². The van der Waals surface area contributed by atoms with E-state index in [1.165, 1.54) is 0 Å². The van der Waals surface area contributed by atoms with Crippen LogP contribution in [0.1, 0.15) is 13.8 Å². The van der Waals surface area contributed by atoms with Crippen molar-refractivity contribution in [1.29, 1.82) is 0 Å². The fraction of sp³-hybridized carbons (Fsp3) is 0.429. The molecule has 1 aromatic rings. The van der Waals surface area contributed by atoms with Gasteiger partial charge >= 0.3 is 0 Å². The van der Waals surface area contributed by atoms with Crippen LogP contribution in [0.25, 0.3) is 0 Å². The standard InChI is InChI=1S/C14H17Cl2OP/c1-10-8-18(17,12-6-4-3-5-7-12)9-11(2)13(10)14(15)16/h3-7,10-11H,8-9H2,1-2H3/t10-,11+,18?. The summed E-state index contributed by atoms with van der Waals surface area (Å²) in [6.07, 6.45) is 1.33. The van der Waals surface area contributed by atoms with Crippen LogP contribution in [0.4, 0.5) is 0 Å². The van der Waals surface area contributed by atoms with Gasteiger partial charge in [0.25, 0.3) is 0 Å². The second-order valence-corrected chi connectivity index (χ2v) is 9.08. The first-order chi connectivity index (χ1) is 8.44. The molecule has 0 spiro atoms. The molecule has 0 aromatic heterocycles. The third-order valence-corrected chi connectivity index (χ3v) is 7.60. The lowest BCUT2D eigenvalue weighted by atomic mass is 9.93. The molecule has 3 atom stereocenters. The fourth-order valence-corrected chi connectivity index (χ4v) is 7.12. The molecule has 0 aliphatic carbocycles. The zero-order chi connectivity index (χ0) is 13.3. The van der Waals surface area contributed by atoms with E-state index in [1.807, 2.05) is 30.3 Å². The topological polar surface area (TPSA) is 17.1 Å². The maximum absolute atomic E-state index is 13.1. The van der Waals surface area contributed by atoms with Crippen molar-refractivity contribution in [2.24, 2.45) is 11.8 Å². The Morgan fingerprint density at radius 3 is 2.06 bits per heavy atom. The van der Waals surface area contributed by atoms with Crippen molar-refractivity contribution in [3.63, 3.8) is 0 Å². The van der Waals surface area contributed by atoms with Gasteiger partial charge in [0.2, 0.25) is 0 Å². The summed E-state index contributed by atoms with van der Waals surface area (Å²) >= 11 is 11.9. The van der Waals surface area contributed by atoms with Crippen LogP contribution in [0.15, 0.2) is 40.4 Å². The predicted octanol–water partition coefficient (Wildman–Crippen LogP) is 4.65. The SMILES string of the molecule is C[C@@H]1CP(=O)(c2ccccc2)C[C@H](C)C1=C(Cl)Cl. The number of halogens is 2. The minimum Gasteiger partial charge on any atom is -0.319 e. The second-order valence-electron chi connectivity index (χ2n) is 5.11. The van der Waals surface area contributed by atoms with Crippen LogP contribution in [0.5, 0.6) is 0 Å². The highest BCUT2D eigenvalue weighted by Gasteiger charge is 2.38. The van der Waals surface area contributed by atoms with Crippen molar-refractivity contribution in [3.05, 3.63) is 40.4 Å². The van der Waals surface area contributed by atoms with Crippen molar-refractivity contribution in [3.8, 4) is 0 Å². The van der Waals surface area contributed by atoms with Gasteiger partial charge in [-0.2, -0.15) is 0 Å².